The Bertz CT molecular complexity index is 2070. The summed E-state index contributed by atoms with van der Waals surface area (Å²) in [5.41, 5.74) is 10.8. The molecule has 1 saturated carbocycles. The van der Waals surface area contributed by atoms with Crippen LogP contribution in [0.25, 0.3) is 11.3 Å². The Labute approximate surface area is 319 Å². The van der Waals surface area contributed by atoms with E-state index in [0.29, 0.717) is 46.7 Å². The van der Waals surface area contributed by atoms with Crippen LogP contribution in [0.1, 0.15) is 74.5 Å². The fourth-order valence-electron chi connectivity index (χ4n) is 9.68. The van der Waals surface area contributed by atoms with Crippen LogP contribution in [0.3, 0.4) is 0 Å². The van der Waals surface area contributed by atoms with Crippen molar-refractivity contribution in [1.82, 2.24) is 30.4 Å². The highest BCUT2D eigenvalue weighted by Gasteiger charge is 2.42. The number of piperidine rings is 1. The molecule has 0 spiro atoms. The molecule has 4 aliphatic heterocycles. The molecule has 13 nitrogen and oxygen atoms in total. The summed E-state index contributed by atoms with van der Waals surface area (Å²) < 4.78 is 15.3. The maximum atomic E-state index is 15.3. The Morgan fingerprint density at radius 2 is 1.55 bits per heavy atom. The van der Waals surface area contributed by atoms with Gasteiger partial charge in [0.1, 0.15) is 11.6 Å². The number of carbonyl (C=O) groups excluding carboxylic acids is 2. The molecule has 4 N–H and O–H groups in total. The third-order valence-electron chi connectivity index (χ3n) is 12.6. The lowest BCUT2D eigenvalue weighted by molar-refractivity contribution is -0.134. The number of halogens is 1. The number of rotatable bonds is 7. The van der Waals surface area contributed by atoms with Crippen LogP contribution in [0.2, 0.25) is 0 Å². The van der Waals surface area contributed by atoms with E-state index in [9.17, 15) is 14.7 Å². The van der Waals surface area contributed by atoms with E-state index in [0.717, 1.165) is 95.1 Å². The molecule has 9 rings (SSSR count). The molecular formula is C41H47FN10O3. The molecule has 0 radical (unpaired) electrons. The fraction of sp³-hybridized carbons (Fsp3) is 0.463. The first-order chi connectivity index (χ1) is 26.8. The van der Waals surface area contributed by atoms with Crippen LogP contribution in [-0.4, -0.2) is 99.4 Å². The summed E-state index contributed by atoms with van der Waals surface area (Å²) in [6.45, 7) is 4.82. The number of piperazine rings is 2. The Morgan fingerprint density at radius 3 is 2.27 bits per heavy atom. The number of phenolic OH excluding ortho intramolecular Hbond substituents is 1. The summed E-state index contributed by atoms with van der Waals surface area (Å²) in [4.78, 5) is 43.3. The number of nitrogens with one attached hydrogen (secondary N) is 1. The van der Waals surface area contributed by atoms with E-state index in [4.69, 9.17) is 15.7 Å². The number of para-hydroxylation sites is 1. The van der Waals surface area contributed by atoms with Gasteiger partial charge in [0.15, 0.2) is 5.82 Å². The average Bonchev–Trinajstić information content (AvgIpc) is 3.47. The maximum Gasteiger partial charge on any atom is 0.234 e. The highest BCUT2D eigenvalue weighted by atomic mass is 19.1. The quantitative estimate of drug-likeness (QED) is 0.227. The third-order valence-corrected chi connectivity index (χ3v) is 12.6. The number of anilines is 4. The van der Waals surface area contributed by atoms with E-state index in [2.05, 4.69) is 41.2 Å². The number of imide groups is 1. The zero-order valence-electron chi connectivity index (χ0n) is 30.9. The number of nitrogen functional groups attached to an aromatic ring is 1. The van der Waals surface area contributed by atoms with E-state index in [1.807, 2.05) is 30.5 Å². The lowest BCUT2D eigenvalue weighted by atomic mass is 9.83. The third kappa shape index (κ3) is 6.92. The highest BCUT2D eigenvalue weighted by molar-refractivity contribution is 6.01. The minimum absolute atomic E-state index is 0.160. The first-order valence-corrected chi connectivity index (χ1v) is 19.7. The number of aromatic nitrogens is 4. The van der Waals surface area contributed by atoms with Crippen molar-refractivity contribution in [2.24, 2.45) is 0 Å². The van der Waals surface area contributed by atoms with Crippen molar-refractivity contribution < 1.29 is 19.1 Å². The number of aromatic hydroxyl groups is 1. The van der Waals surface area contributed by atoms with Crippen molar-refractivity contribution in [3.8, 4) is 17.0 Å². The van der Waals surface area contributed by atoms with Crippen LogP contribution >= 0.6 is 0 Å². The Hall–Kier alpha value is -5.37. The van der Waals surface area contributed by atoms with Crippen molar-refractivity contribution in [3.63, 3.8) is 0 Å². The molecule has 0 unspecified atom stereocenters. The molecule has 55 heavy (non-hydrogen) atoms. The highest BCUT2D eigenvalue weighted by Crippen LogP contribution is 2.40. The van der Waals surface area contributed by atoms with E-state index >= 15 is 4.39 Å². The first-order valence-electron chi connectivity index (χ1n) is 19.7. The molecule has 2 aromatic heterocycles. The summed E-state index contributed by atoms with van der Waals surface area (Å²) in [6.07, 6.45) is 9.08. The molecule has 5 fully saturated rings. The van der Waals surface area contributed by atoms with Gasteiger partial charge in [-0.1, -0.05) is 18.2 Å². The second-order valence-electron chi connectivity index (χ2n) is 15.7. The molecule has 286 valence electrons. The van der Waals surface area contributed by atoms with Crippen LogP contribution in [0.15, 0.2) is 60.8 Å². The largest absolute Gasteiger partial charge is 0.507 e. The second kappa shape index (κ2) is 14.7. The Kier molecular flexibility index (Phi) is 9.45. The molecule has 6 heterocycles. The number of hydrogen-bond donors (Lipinski definition) is 3. The van der Waals surface area contributed by atoms with Gasteiger partial charge in [-0.3, -0.25) is 19.8 Å². The van der Waals surface area contributed by atoms with Crippen molar-refractivity contribution in [2.45, 2.75) is 81.3 Å². The molecule has 14 heteroatoms. The van der Waals surface area contributed by atoms with Gasteiger partial charge in [-0.15, -0.1) is 10.2 Å². The summed E-state index contributed by atoms with van der Waals surface area (Å²) in [7, 11) is 0. The SMILES string of the molecule is Nc1nnc(-c2ccccc2O)cc1N1C[C@H]2CC[C@@H](C1)N2c1nccc(C2CCC(N3CCN(c4ccc([C@H]5CCC(=O)NC5=O)cc4F)CC3)CC2)n1. The molecule has 3 atom stereocenters. The number of fused-ring (bicyclic) bond motifs is 2. The Morgan fingerprint density at radius 1 is 0.800 bits per heavy atom. The molecule has 5 aliphatic rings. The summed E-state index contributed by atoms with van der Waals surface area (Å²) in [5.74, 6) is 0.337. The van der Waals surface area contributed by atoms with Gasteiger partial charge in [0, 0.05) is 87.2 Å². The predicted molar refractivity (Wildman–Crippen MR) is 207 cm³/mol. The topological polar surface area (TPSA) is 157 Å². The normalized spacial score (nSPS) is 26.0. The van der Waals surface area contributed by atoms with Gasteiger partial charge in [0.05, 0.1) is 23.0 Å². The summed E-state index contributed by atoms with van der Waals surface area (Å²) in [6, 6.07) is 17.3. The summed E-state index contributed by atoms with van der Waals surface area (Å²) >= 11 is 0. The Balaban J connectivity index is 0.796. The molecule has 2 bridgehead atoms. The van der Waals surface area contributed by atoms with Gasteiger partial charge >= 0.3 is 0 Å². The number of nitrogens with zero attached hydrogens (tertiary/aromatic N) is 8. The lowest BCUT2D eigenvalue weighted by Crippen LogP contribution is -2.54. The predicted octanol–water partition coefficient (Wildman–Crippen LogP) is 4.59. The second-order valence-corrected chi connectivity index (χ2v) is 15.7. The number of hydrogen-bond acceptors (Lipinski definition) is 12. The zero-order valence-corrected chi connectivity index (χ0v) is 30.9. The minimum atomic E-state index is -0.489. The molecule has 2 aromatic carbocycles. The van der Waals surface area contributed by atoms with E-state index in [1.54, 1.807) is 18.2 Å². The van der Waals surface area contributed by atoms with Crippen LogP contribution in [0, 0.1) is 5.82 Å². The smallest absolute Gasteiger partial charge is 0.234 e. The van der Waals surface area contributed by atoms with Crippen molar-refractivity contribution in [2.75, 3.05) is 59.7 Å². The molecule has 1 aliphatic carbocycles. The first kappa shape index (κ1) is 35.3. The number of phenols is 1. The van der Waals surface area contributed by atoms with E-state index in [1.165, 1.54) is 6.07 Å². The van der Waals surface area contributed by atoms with Crippen molar-refractivity contribution in [1.29, 1.82) is 0 Å². The van der Waals surface area contributed by atoms with Gasteiger partial charge in [-0.2, -0.15) is 0 Å². The van der Waals surface area contributed by atoms with Crippen molar-refractivity contribution >= 4 is 35.0 Å². The molecule has 4 aromatic rings. The maximum absolute atomic E-state index is 15.3. The fourth-order valence-corrected chi connectivity index (χ4v) is 9.68. The minimum Gasteiger partial charge on any atom is -0.507 e. The monoisotopic (exact) mass is 746 g/mol. The molecule has 4 saturated heterocycles. The van der Waals surface area contributed by atoms with Crippen LogP contribution in [0.5, 0.6) is 5.75 Å². The number of carbonyl (C=O) groups is 2. The number of nitrogens with two attached hydrogens (primary N) is 1. The number of amides is 2. The van der Waals surface area contributed by atoms with Gasteiger partial charge < -0.3 is 25.5 Å². The van der Waals surface area contributed by atoms with E-state index < -0.39 is 5.92 Å². The van der Waals surface area contributed by atoms with Gasteiger partial charge in [0.25, 0.3) is 0 Å². The summed E-state index contributed by atoms with van der Waals surface area (Å²) in [5, 5.41) is 21.3. The average molecular weight is 747 g/mol. The van der Waals surface area contributed by atoms with Crippen LogP contribution in [0.4, 0.5) is 27.5 Å². The van der Waals surface area contributed by atoms with Crippen LogP contribution in [-0.2, 0) is 9.59 Å². The number of benzene rings is 2. The van der Waals surface area contributed by atoms with Gasteiger partial charge in [-0.25, -0.2) is 14.4 Å². The van der Waals surface area contributed by atoms with E-state index in [-0.39, 0.29) is 41.9 Å². The van der Waals surface area contributed by atoms with Crippen molar-refractivity contribution in [3.05, 3.63) is 77.9 Å². The zero-order chi connectivity index (χ0) is 37.6. The van der Waals surface area contributed by atoms with Gasteiger partial charge in [-0.05, 0) is 86.9 Å². The van der Waals surface area contributed by atoms with Gasteiger partial charge in [0.2, 0.25) is 17.8 Å². The standard InChI is InChI=1S/C41H47FN10O3/c42-32-21-26(30-12-14-38(54)46-40(30)55)7-13-35(32)50-19-17-49(18-20-50)27-8-5-25(6-9-27)33-15-16-44-41(45-33)52-28-10-11-29(52)24-51(23-28)36-22-34(47-48-39(36)43)31-3-1-2-4-37(31)53/h1-4,7,13,15-16,21-22,25,27-30,53H,5-6,8-12,14,17-20,23-24H2,(H2,43,48)(H,46,54,55)/t25?,27?,28-,29+,30-/m1/s1. The molecular weight excluding hydrogens is 700 g/mol. The van der Waals surface area contributed by atoms with Crippen LogP contribution < -0.4 is 25.8 Å². The lowest BCUT2D eigenvalue weighted by Gasteiger charge is -2.43. The molecule has 2 amide bonds.